The number of hydrogen-bond acceptors (Lipinski definition) is 3. The number of benzene rings is 1. The van der Waals surface area contributed by atoms with Crippen molar-refractivity contribution in [3.8, 4) is 5.75 Å². The quantitative estimate of drug-likeness (QED) is 0.646. The highest BCUT2D eigenvalue weighted by atomic mass is 35.5. The lowest BCUT2D eigenvalue weighted by atomic mass is 10.2. The molecule has 2 rings (SSSR count). The fraction of sp³-hybridized carbons (Fsp3) is 0.0769. The summed E-state index contributed by atoms with van der Waals surface area (Å²) in [6, 6.07) is 9.39. The first-order chi connectivity index (χ1) is 8.54. The van der Waals surface area contributed by atoms with E-state index in [9.17, 15) is 4.79 Å². The topological polar surface area (TPSA) is 62.2 Å². The molecule has 18 heavy (non-hydrogen) atoms. The lowest BCUT2D eigenvalue weighted by Gasteiger charge is -2.06. The van der Waals surface area contributed by atoms with Crippen LogP contribution in [0.4, 0.5) is 5.69 Å². The largest absolute Gasteiger partial charge is 0.508 e. The average Bonchev–Trinajstić information content (AvgIpc) is 2.31. The number of pyridine rings is 1. The van der Waals surface area contributed by atoms with Crippen molar-refractivity contribution in [3.05, 3.63) is 52.8 Å². The minimum Gasteiger partial charge on any atom is -0.508 e. The van der Waals surface area contributed by atoms with Crippen molar-refractivity contribution in [1.29, 1.82) is 0 Å². The number of aromatic nitrogens is 1. The van der Waals surface area contributed by atoms with Gasteiger partial charge in [-0.2, -0.15) is 0 Å². The van der Waals surface area contributed by atoms with Crippen LogP contribution in [-0.4, -0.2) is 16.0 Å². The first kappa shape index (κ1) is 12.4. The van der Waals surface area contributed by atoms with Crippen LogP contribution in [0.2, 0.25) is 5.15 Å². The van der Waals surface area contributed by atoms with E-state index in [2.05, 4.69) is 10.3 Å². The second-order valence-corrected chi connectivity index (χ2v) is 4.21. The maximum Gasteiger partial charge on any atom is 0.255 e. The maximum absolute atomic E-state index is 11.9. The summed E-state index contributed by atoms with van der Waals surface area (Å²) in [5, 5.41) is 12.1. The summed E-state index contributed by atoms with van der Waals surface area (Å²) >= 11 is 5.79. The van der Waals surface area contributed by atoms with Crippen LogP contribution in [0.25, 0.3) is 0 Å². The molecule has 0 unspecified atom stereocenters. The van der Waals surface area contributed by atoms with E-state index in [-0.39, 0.29) is 16.8 Å². The number of aromatic hydroxyl groups is 1. The molecule has 0 spiro atoms. The molecule has 0 bridgehead atoms. The van der Waals surface area contributed by atoms with E-state index in [0.29, 0.717) is 16.9 Å². The van der Waals surface area contributed by atoms with Crippen LogP contribution in [0.15, 0.2) is 36.4 Å². The van der Waals surface area contributed by atoms with Crippen molar-refractivity contribution in [3.63, 3.8) is 0 Å². The van der Waals surface area contributed by atoms with Gasteiger partial charge in [0, 0.05) is 16.9 Å². The fourth-order valence-electron chi connectivity index (χ4n) is 1.51. The first-order valence-electron chi connectivity index (χ1n) is 5.29. The molecule has 1 aromatic carbocycles. The van der Waals surface area contributed by atoms with Gasteiger partial charge in [-0.1, -0.05) is 11.6 Å². The molecule has 0 atom stereocenters. The van der Waals surface area contributed by atoms with Gasteiger partial charge in [-0.3, -0.25) is 4.79 Å². The Labute approximate surface area is 109 Å². The molecule has 92 valence electrons. The van der Waals surface area contributed by atoms with Crippen LogP contribution in [0, 0.1) is 6.92 Å². The highest BCUT2D eigenvalue weighted by molar-refractivity contribution is 6.29. The van der Waals surface area contributed by atoms with Crippen LogP contribution >= 0.6 is 11.6 Å². The number of hydrogen-bond donors (Lipinski definition) is 2. The molecular weight excluding hydrogens is 252 g/mol. The summed E-state index contributed by atoms with van der Waals surface area (Å²) in [5.74, 6) is -0.121. The van der Waals surface area contributed by atoms with Gasteiger partial charge < -0.3 is 10.4 Å². The van der Waals surface area contributed by atoms with Gasteiger partial charge in [0.2, 0.25) is 0 Å². The van der Waals surface area contributed by atoms with Gasteiger partial charge in [0.1, 0.15) is 10.9 Å². The molecule has 4 nitrogen and oxygen atoms in total. The normalized spacial score (nSPS) is 10.1. The number of aryl methyl sites for hydroxylation is 1. The Morgan fingerprint density at radius 1 is 1.28 bits per heavy atom. The molecule has 0 saturated heterocycles. The van der Waals surface area contributed by atoms with Gasteiger partial charge in [0.15, 0.2) is 0 Å². The van der Waals surface area contributed by atoms with Gasteiger partial charge in [0.25, 0.3) is 5.91 Å². The Bertz CT molecular complexity index is 562. The summed E-state index contributed by atoms with van der Waals surface area (Å²) < 4.78 is 0. The summed E-state index contributed by atoms with van der Waals surface area (Å²) in [4.78, 5) is 15.9. The highest BCUT2D eigenvalue weighted by Gasteiger charge is 2.08. The van der Waals surface area contributed by atoms with E-state index in [1.54, 1.807) is 25.1 Å². The molecule has 0 radical (unpaired) electrons. The predicted octanol–water partition coefficient (Wildman–Crippen LogP) is 3.00. The van der Waals surface area contributed by atoms with Crippen molar-refractivity contribution >= 4 is 23.2 Å². The van der Waals surface area contributed by atoms with Crippen molar-refractivity contribution in [2.75, 3.05) is 5.32 Å². The van der Waals surface area contributed by atoms with E-state index in [1.165, 1.54) is 18.2 Å². The monoisotopic (exact) mass is 262 g/mol. The second-order valence-electron chi connectivity index (χ2n) is 3.82. The molecule has 0 aliphatic heterocycles. The van der Waals surface area contributed by atoms with E-state index in [0.717, 1.165) is 0 Å². The number of nitrogens with one attached hydrogen (secondary N) is 1. The number of phenols is 1. The number of phenolic OH excluding ortho intramolecular Hbond substituents is 1. The Morgan fingerprint density at radius 3 is 2.56 bits per heavy atom. The molecule has 1 heterocycles. The van der Waals surface area contributed by atoms with Crippen molar-refractivity contribution in [2.45, 2.75) is 6.92 Å². The van der Waals surface area contributed by atoms with Gasteiger partial charge in [-0.15, -0.1) is 0 Å². The number of rotatable bonds is 2. The van der Waals surface area contributed by atoms with Gasteiger partial charge in [0.05, 0.1) is 0 Å². The van der Waals surface area contributed by atoms with Gasteiger partial charge >= 0.3 is 0 Å². The van der Waals surface area contributed by atoms with Gasteiger partial charge in [-0.25, -0.2) is 4.98 Å². The zero-order valence-corrected chi connectivity index (χ0v) is 10.4. The molecule has 2 aromatic rings. The number of amides is 1. The van der Waals surface area contributed by atoms with Crippen molar-refractivity contribution in [1.82, 2.24) is 4.98 Å². The molecule has 5 heteroatoms. The van der Waals surface area contributed by atoms with Crippen LogP contribution < -0.4 is 5.32 Å². The van der Waals surface area contributed by atoms with Crippen LogP contribution in [0.1, 0.15) is 16.1 Å². The van der Waals surface area contributed by atoms with Crippen LogP contribution in [0.3, 0.4) is 0 Å². The Balaban J connectivity index is 2.19. The third-order valence-electron chi connectivity index (χ3n) is 2.31. The Hall–Kier alpha value is -2.07. The molecule has 1 aromatic heterocycles. The maximum atomic E-state index is 11.9. The molecule has 2 N–H and O–H groups in total. The summed E-state index contributed by atoms with van der Waals surface area (Å²) in [5.41, 5.74) is 1.72. The lowest BCUT2D eigenvalue weighted by molar-refractivity contribution is 0.102. The Morgan fingerprint density at radius 2 is 1.94 bits per heavy atom. The molecular formula is C13H11ClN2O2. The minimum absolute atomic E-state index is 0.149. The van der Waals surface area contributed by atoms with Crippen molar-refractivity contribution < 1.29 is 9.90 Å². The number of nitrogens with zero attached hydrogens (tertiary/aromatic N) is 1. The number of carbonyl (C=O) groups excluding carboxylic acids is 1. The molecule has 1 amide bonds. The summed E-state index contributed by atoms with van der Waals surface area (Å²) in [6.07, 6.45) is 0. The molecule has 0 saturated carbocycles. The number of carbonyl (C=O) groups is 1. The fourth-order valence-corrected chi connectivity index (χ4v) is 1.76. The van der Waals surface area contributed by atoms with E-state index < -0.39 is 0 Å². The van der Waals surface area contributed by atoms with E-state index >= 15 is 0 Å². The van der Waals surface area contributed by atoms with E-state index in [1.807, 2.05) is 0 Å². The minimum atomic E-state index is -0.270. The SMILES string of the molecule is Cc1cc(C(=O)Nc2ccc(O)cc2)cc(Cl)n1. The zero-order chi connectivity index (χ0) is 13.1. The smallest absolute Gasteiger partial charge is 0.255 e. The highest BCUT2D eigenvalue weighted by Crippen LogP contribution is 2.16. The van der Waals surface area contributed by atoms with Crippen LogP contribution in [-0.2, 0) is 0 Å². The average molecular weight is 263 g/mol. The number of anilines is 1. The zero-order valence-electron chi connectivity index (χ0n) is 9.64. The standard InChI is InChI=1S/C13H11ClN2O2/c1-8-6-9(7-12(14)15-8)13(18)16-10-2-4-11(17)5-3-10/h2-7,17H,1H3,(H,16,18). The first-order valence-corrected chi connectivity index (χ1v) is 5.67. The third-order valence-corrected chi connectivity index (χ3v) is 2.50. The second kappa shape index (κ2) is 5.06. The summed E-state index contributed by atoms with van der Waals surface area (Å²) in [7, 11) is 0. The third kappa shape index (κ3) is 2.99. The molecule has 0 aliphatic rings. The van der Waals surface area contributed by atoms with Crippen molar-refractivity contribution in [2.24, 2.45) is 0 Å². The summed E-state index contributed by atoms with van der Waals surface area (Å²) in [6.45, 7) is 1.77. The predicted molar refractivity (Wildman–Crippen MR) is 70.0 cm³/mol. The Kier molecular flexibility index (Phi) is 3.48. The van der Waals surface area contributed by atoms with E-state index in [4.69, 9.17) is 16.7 Å². The molecule has 0 fully saturated rings. The molecule has 0 aliphatic carbocycles. The lowest BCUT2D eigenvalue weighted by Crippen LogP contribution is -2.12. The van der Waals surface area contributed by atoms with Gasteiger partial charge in [-0.05, 0) is 43.3 Å². The number of halogens is 1. The van der Waals surface area contributed by atoms with Crippen LogP contribution in [0.5, 0.6) is 5.75 Å².